The number of nitrogens with two attached hydrogens (primary N) is 1. The molecular formula is C20H24N6O3. The maximum absolute atomic E-state index is 12.8. The number of carbonyl (C=O) groups excluding carboxylic acids is 1. The van der Waals surface area contributed by atoms with Crippen molar-refractivity contribution >= 4 is 23.0 Å². The number of benzene rings is 1. The fraction of sp³-hybridized carbons (Fsp3) is 0.350. The minimum atomic E-state index is -0.224. The Balaban J connectivity index is 1.81. The first-order chi connectivity index (χ1) is 13.9. The van der Waals surface area contributed by atoms with Gasteiger partial charge >= 0.3 is 5.97 Å². The number of amidine groups is 1. The minimum Gasteiger partial charge on any atom is -0.466 e. The lowest BCUT2D eigenvalue weighted by atomic mass is 10.1. The minimum absolute atomic E-state index is 0.00550. The highest BCUT2D eigenvalue weighted by molar-refractivity contribution is 5.95. The molecule has 0 atom stereocenters. The molecule has 29 heavy (non-hydrogen) atoms. The van der Waals surface area contributed by atoms with Crippen molar-refractivity contribution in [1.29, 1.82) is 5.41 Å². The van der Waals surface area contributed by atoms with Gasteiger partial charge in [0.2, 0.25) is 0 Å². The number of aryl methyl sites for hydroxylation is 2. The maximum atomic E-state index is 12.8. The average molecular weight is 396 g/mol. The monoisotopic (exact) mass is 396 g/mol. The summed E-state index contributed by atoms with van der Waals surface area (Å²) in [6.07, 6.45) is 3.15. The molecular weight excluding hydrogens is 372 g/mol. The molecule has 152 valence electrons. The molecule has 0 fully saturated rings. The van der Waals surface area contributed by atoms with E-state index in [1.54, 1.807) is 30.7 Å². The van der Waals surface area contributed by atoms with Gasteiger partial charge in [0.05, 0.1) is 6.61 Å². The van der Waals surface area contributed by atoms with Gasteiger partial charge in [-0.2, -0.15) is 0 Å². The van der Waals surface area contributed by atoms with E-state index < -0.39 is 0 Å². The summed E-state index contributed by atoms with van der Waals surface area (Å²) in [7, 11) is 1.81. The molecule has 0 radical (unpaired) electrons. The van der Waals surface area contributed by atoms with Gasteiger partial charge in [0.1, 0.15) is 18.0 Å². The number of fused-ring (bicyclic) bond motifs is 1. The zero-order chi connectivity index (χ0) is 21.0. The Kier molecular flexibility index (Phi) is 6.06. The van der Waals surface area contributed by atoms with Gasteiger partial charge < -0.3 is 15.0 Å². The highest BCUT2D eigenvalue weighted by Gasteiger charge is 2.15. The number of imidazole rings is 1. The van der Waals surface area contributed by atoms with E-state index in [-0.39, 0.29) is 17.4 Å². The van der Waals surface area contributed by atoms with Gasteiger partial charge in [0.15, 0.2) is 11.2 Å². The van der Waals surface area contributed by atoms with Crippen LogP contribution >= 0.6 is 0 Å². The first kappa shape index (κ1) is 20.2. The number of nitrogens with one attached hydrogen (secondary N) is 1. The molecule has 0 spiro atoms. The summed E-state index contributed by atoms with van der Waals surface area (Å²) < 4.78 is 8.19. The van der Waals surface area contributed by atoms with Crippen molar-refractivity contribution in [2.45, 2.75) is 32.7 Å². The lowest BCUT2D eigenvalue weighted by molar-refractivity contribution is -0.143. The van der Waals surface area contributed by atoms with Crippen LogP contribution in [-0.2, 0) is 23.1 Å². The number of ether oxygens (including phenoxy) is 1. The zero-order valence-corrected chi connectivity index (χ0v) is 16.5. The van der Waals surface area contributed by atoms with Crippen molar-refractivity contribution in [3.63, 3.8) is 0 Å². The number of nitrogen functional groups attached to an aromatic ring is 1. The normalized spacial score (nSPS) is 11.0. The van der Waals surface area contributed by atoms with Gasteiger partial charge in [0.25, 0.3) is 5.56 Å². The van der Waals surface area contributed by atoms with E-state index in [9.17, 15) is 9.59 Å². The summed E-state index contributed by atoms with van der Waals surface area (Å²) >= 11 is 0. The van der Waals surface area contributed by atoms with Crippen molar-refractivity contribution in [1.82, 2.24) is 19.1 Å². The molecule has 0 aliphatic carbocycles. The second kappa shape index (κ2) is 8.68. The Morgan fingerprint density at radius 2 is 1.97 bits per heavy atom. The first-order valence-electron chi connectivity index (χ1n) is 9.44. The quantitative estimate of drug-likeness (QED) is 0.259. The third-order valence-electron chi connectivity index (χ3n) is 4.64. The standard InChI is InChI=1S/C20H24N6O3/c1-3-29-15(27)6-4-5-11-26-12-23-19-16(20(26)28)24-18(25(19)2)14-9-7-13(8-10-14)17(21)22/h7-10,12H,3-6,11H2,1-2H3,(H3,21,22). The van der Waals surface area contributed by atoms with E-state index in [2.05, 4.69) is 9.97 Å². The number of rotatable bonds is 8. The fourth-order valence-electron chi connectivity index (χ4n) is 3.10. The van der Waals surface area contributed by atoms with Crippen molar-refractivity contribution in [3.8, 4) is 11.4 Å². The Morgan fingerprint density at radius 1 is 1.24 bits per heavy atom. The van der Waals surface area contributed by atoms with Gasteiger partial charge in [-0.05, 0) is 19.8 Å². The molecule has 0 aliphatic rings. The molecule has 2 aromatic heterocycles. The zero-order valence-electron chi connectivity index (χ0n) is 16.5. The summed E-state index contributed by atoms with van der Waals surface area (Å²) in [5, 5.41) is 7.48. The molecule has 0 unspecified atom stereocenters. The van der Waals surface area contributed by atoms with E-state index in [0.29, 0.717) is 55.0 Å². The summed E-state index contributed by atoms with van der Waals surface area (Å²) in [5.74, 6) is 0.382. The Bertz CT molecular complexity index is 1100. The summed E-state index contributed by atoms with van der Waals surface area (Å²) in [6, 6.07) is 7.11. The van der Waals surface area contributed by atoms with Crippen LogP contribution in [0.25, 0.3) is 22.6 Å². The molecule has 3 rings (SSSR count). The number of hydrogen-bond acceptors (Lipinski definition) is 6. The molecule has 0 bridgehead atoms. The molecule has 2 heterocycles. The van der Waals surface area contributed by atoms with Crippen molar-refractivity contribution < 1.29 is 9.53 Å². The summed E-state index contributed by atoms with van der Waals surface area (Å²) in [5.41, 5.74) is 7.50. The van der Waals surface area contributed by atoms with Gasteiger partial charge in [0, 0.05) is 31.1 Å². The van der Waals surface area contributed by atoms with E-state index in [0.717, 1.165) is 5.56 Å². The summed E-state index contributed by atoms with van der Waals surface area (Å²) in [6.45, 7) is 2.61. The second-order valence-corrected chi connectivity index (χ2v) is 6.66. The molecule has 3 N–H and O–H groups in total. The third kappa shape index (κ3) is 4.34. The summed E-state index contributed by atoms with van der Waals surface area (Å²) in [4.78, 5) is 33.1. The second-order valence-electron chi connectivity index (χ2n) is 6.66. The predicted molar refractivity (Wildman–Crippen MR) is 110 cm³/mol. The van der Waals surface area contributed by atoms with Crippen LogP contribution in [-0.4, -0.2) is 37.5 Å². The van der Waals surface area contributed by atoms with Crippen LogP contribution in [0.5, 0.6) is 0 Å². The first-order valence-corrected chi connectivity index (χ1v) is 9.44. The van der Waals surface area contributed by atoms with E-state index in [1.165, 1.54) is 10.9 Å². The number of hydrogen-bond donors (Lipinski definition) is 2. The fourth-order valence-corrected chi connectivity index (χ4v) is 3.10. The number of nitrogens with zero attached hydrogens (tertiary/aromatic N) is 4. The lowest BCUT2D eigenvalue weighted by Gasteiger charge is -2.05. The van der Waals surface area contributed by atoms with Crippen molar-refractivity contribution in [3.05, 3.63) is 46.5 Å². The van der Waals surface area contributed by atoms with E-state index in [1.807, 2.05) is 12.1 Å². The van der Waals surface area contributed by atoms with Crippen molar-refractivity contribution in [2.75, 3.05) is 6.61 Å². The maximum Gasteiger partial charge on any atom is 0.305 e. The number of unbranched alkanes of at least 4 members (excludes halogenated alkanes) is 1. The molecule has 0 saturated heterocycles. The number of esters is 1. The highest BCUT2D eigenvalue weighted by atomic mass is 16.5. The largest absolute Gasteiger partial charge is 0.466 e. The van der Waals surface area contributed by atoms with E-state index in [4.69, 9.17) is 15.9 Å². The molecule has 3 aromatic rings. The van der Waals surface area contributed by atoms with E-state index >= 15 is 0 Å². The predicted octanol–water partition coefficient (Wildman–Crippen LogP) is 1.81. The Hall–Kier alpha value is -3.49. The number of carbonyl (C=O) groups is 1. The van der Waals surface area contributed by atoms with Crippen LogP contribution in [0.3, 0.4) is 0 Å². The van der Waals surface area contributed by atoms with Gasteiger partial charge in [-0.3, -0.25) is 19.6 Å². The number of aromatic nitrogens is 4. The van der Waals surface area contributed by atoms with Gasteiger partial charge in [-0.1, -0.05) is 24.3 Å². The smallest absolute Gasteiger partial charge is 0.305 e. The van der Waals surface area contributed by atoms with Gasteiger partial charge in [-0.15, -0.1) is 0 Å². The van der Waals surface area contributed by atoms with Crippen molar-refractivity contribution in [2.24, 2.45) is 12.8 Å². The topological polar surface area (TPSA) is 129 Å². The van der Waals surface area contributed by atoms with Crippen LogP contribution in [0.2, 0.25) is 0 Å². The third-order valence-corrected chi connectivity index (χ3v) is 4.64. The lowest BCUT2D eigenvalue weighted by Crippen LogP contribution is -2.21. The molecule has 1 aromatic carbocycles. The van der Waals surface area contributed by atoms with Crippen LogP contribution in [0.4, 0.5) is 0 Å². The average Bonchev–Trinajstić information content (AvgIpc) is 3.04. The van der Waals surface area contributed by atoms with Gasteiger partial charge in [-0.25, -0.2) is 9.97 Å². The Labute approximate surface area is 167 Å². The highest BCUT2D eigenvalue weighted by Crippen LogP contribution is 2.21. The molecule has 0 aliphatic heterocycles. The molecule has 9 heteroatoms. The SMILES string of the molecule is CCOC(=O)CCCCn1cnc2c(nc(-c3ccc(C(=N)N)cc3)n2C)c1=O. The Morgan fingerprint density at radius 3 is 2.62 bits per heavy atom. The van der Waals surface area contributed by atoms with Crippen LogP contribution in [0.15, 0.2) is 35.4 Å². The van der Waals surface area contributed by atoms with Crippen LogP contribution in [0.1, 0.15) is 31.7 Å². The molecule has 0 saturated carbocycles. The van der Waals surface area contributed by atoms with Crippen LogP contribution in [0, 0.1) is 5.41 Å². The molecule has 0 amide bonds. The van der Waals surface area contributed by atoms with Crippen LogP contribution < -0.4 is 11.3 Å². The molecule has 9 nitrogen and oxygen atoms in total.